The molecule has 0 aromatic heterocycles. The van der Waals surface area contributed by atoms with Gasteiger partial charge in [-0.2, -0.15) is 0 Å². The minimum atomic E-state index is -0.733. The second-order valence-electron chi connectivity index (χ2n) is 6.38. The SMILES string of the molecule is CC(C)Oc1ccccc1COC(=O)OCc1ccccc1OC(C)C. The van der Waals surface area contributed by atoms with E-state index in [-0.39, 0.29) is 25.4 Å². The van der Waals surface area contributed by atoms with Crippen molar-refractivity contribution in [3.05, 3.63) is 59.7 Å². The van der Waals surface area contributed by atoms with Crippen LogP contribution in [0.3, 0.4) is 0 Å². The van der Waals surface area contributed by atoms with Gasteiger partial charge in [0.25, 0.3) is 0 Å². The van der Waals surface area contributed by atoms with Crippen molar-refractivity contribution in [1.82, 2.24) is 0 Å². The Bertz CT molecular complexity index is 650. The van der Waals surface area contributed by atoms with E-state index in [0.717, 1.165) is 11.1 Å². The Hall–Kier alpha value is -2.69. The predicted molar refractivity (Wildman–Crippen MR) is 99.4 cm³/mol. The molecule has 0 heterocycles. The molecule has 5 heteroatoms. The van der Waals surface area contributed by atoms with Crippen LogP contribution in [-0.2, 0) is 22.7 Å². The van der Waals surface area contributed by atoms with E-state index in [1.165, 1.54) is 0 Å². The first kappa shape index (κ1) is 19.6. The Morgan fingerprint density at radius 2 is 1.12 bits per heavy atom. The lowest BCUT2D eigenvalue weighted by atomic mass is 10.2. The van der Waals surface area contributed by atoms with Gasteiger partial charge in [0.15, 0.2) is 0 Å². The molecule has 0 spiro atoms. The number of ether oxygens (including phenoxy) is 4. The molecule has 0 aliphatic rings. The first-order valence-electron chi connectivity index (χ1n) is 8.74. The smallest absolute Gasteiger partial charge is 0.491 e. The van der Waals surface area contributed by atoms with E-state index in [9.17, 15) is 4.79 Å². The van der Waals surface area contributed by atoms with Gasteiger partial charge >= 0.3 is 6.16 Å². The molecule has 0 amide bonds. The van der Waals surface area contributed by atoms with Crippen molar-refractivity contribution in [3.8, 4) is 11.5 Å². The molecule has 2 rings (SSSR count). The minimum Gasteiger partial charge on any atom is -0.491 e. The van der Waals surface area contributed by atoms with Crippen molar-refractivity contribution in [2.45, 2.75) is 53.1 Å². The van der Waals surface area contributed by atoms with Crippen LogP contribution in [0.2, 0.25) is 0 Å². The average Bonchev–Trinajstić information content (AvgIpc) is 2.59. The van der Waals surface area contributed by atoms with Gasteiger partial charge in [0.1, 0.15) is 24.7 Å². The van der Waals surface area contributed by atoms with Gasteiger partial charge < -0.3 is 18.9 Å². The van der Waals surface area contributed by atoms with Crippen molar-refractivity contribution in [1.29, 1.82) is 0 Å². The van der Waals surface area contributed by atoms with Crippen LogP contribution in [0.5, 0.6) is 11.5 Å². The highest BCUT2D eigenvalue weighted by Crippen LogP contribution is 2.22. The molecule has 0 fully saturated rings. The zero-order valence-electron chi connectivity index (χ0n) is 15.7. The van der Waals surface area contributed by atoms with E-state index in [0.29, 0.717) is 11.5 Å². The summed E-state index contributed by atoms with van der Waals surface area (Å²) in [6, 6.07) is 14.9. The lowest BCUT2D eigenvalue weighted by Crippen LogP contribution is -2.12. The van der Waals surface area contributed by atoms with Gasteiger partial charge in [-0.1, -0.05) is 36.4 Å². The summed E-state index contributed by atoms with van der Waals surface area (Å²) < 4.78 is 21.8. The fourth-order valence-corrected chi connectivity index (χ4v) is 2.30. The van der Waals surface area contributed by atoms with Crippen molar-refractivity contribution in [3.63, 3.8) is 0 Å². The van der Waals surface area contributed by atoms with Gasteiger partial charge in [0.2, 0.25) is 0 Å². The van der Waals surface area contributed by atoms with Crippen LogP contribution in [0.25, 0.3) is 0 Å². The van der Waals surface area contributed by atoms with E-state index >= 15 is 0 Å². The molecule has 0 N–H and O–H groups in total. The van der Waals surface area contributed by atoms with Gasteiger partial charge in [0, 0.05) is 11.1 Å². The number of carbonyl (C=O) groups excluding carboxylic acids is 1. The Kier molecular flexibility index (Phi) is 7.33. The monoisotopic (exact) mass is 358 g/mol. The van der Waals surface area contributed by atoms with Gasteiger partial charge in [-0.3, -0.25) is 0 Å². The van der Waals surface area contributed by atoms with Gasteiger partial charge in [-0.05, 0) is 39.8 Å². The van der Waals surface area contributed by atoms with Crippen molar-refractivity contribution >= 4 is 6.16 Å². The van der Waals surface area contributed by atoms with E-state index in [4.69, 9.17) is 18.9 Å². The number of para-hydroxylation sites is 2. The maximum absolute atomic E-state index is 11.9. The van der Waals surface area contributed by atoms with Crippen LogP contribution in [-0.4, -0.2) is 18.4 Å². The summed E-state index contributed by atoms with van der Waals surface area (Å²) in [7, 11) is 0. The van der Waals surface area contributed by atoms with Gasteiger partial charge in [-0.15, -0.1) is 0 Å². The second-order valence-corrected chi connectivity index (χ2v) is 6.38. The molecule has 2 aromatic carbocycles. The molecule has 140 valence electrons. The fraction of sp³-hybridized carbons (Fsp3) is 0.381. The van der Waals surface area contributed by atoms with E-state index in [1.54, 1.807) is 0 Å². The molecule has 0 saturated heterocycles. The molecule has 0 aliphatic heterocycles. The molecular weight excluding hydrogens is 332 g/mol. The fourth-order valence-electron chi connectivity index (χ4n) is 2.30. The highest BCUT2D eigenvalue weighted by atomic mass is 16.7. The number of hydrogen-bond acceptors (Lipinski definition) is 5. The number of hydrogen-bond donors (Lipinski definition) is 0. The standard InChI is InChI=1S/C21H26O5/c1-15(2)25-19-11-7-5-9-17(19)13-23-21(22)24-14-18-10-6-8-12-20(18)26-16(3)4/h5-12,15-16H,13-14H2,1-4H3. The summed E-state index contributed by atoms with van der Waals surface area (Å²) in [6.07, 6.45) is -0.648. The third-order valence-corrected chi connectivity index (χ3v) is 3.36. The molecule has 0 unspecified atom stereocenters. The van der Waals surface area contributed by atoms with Crippen molar-refractivity contribution < 1.29 is 23.7 Å². The summed E-state index contributed by atoms with van der Waals surface area (Å²) in [5.41, 5.74) is 1.59. The van der Waals surface area contributed by atoms with Gasteiger partial charge in [0.05, 0.1) is 12.2 Å². The number of benzene rings is 2. The Morgan fingerprint density at radius 1 is 0.731 bits per heavy atom. The summed E-state index contributed by atoms with van der Waals surface area (Å²) in [5.74, 6) is 1.40. The minimum absolute atomic E-state index is 0.0422. The quantitative estimate of drug-likeness (QED) is 0.614. The summed E-state index contributed by atoms with van der Waals surface area (Å²) in [6.45, 7) is 7.97. The zero-order valence-corrected chi connectivity index (χ0v) is 15.7. The highest BCUT2D eigenvalue weighted by Gasteiger charge is 2.11. The van der Waals surface area contributed by atoms with Gasteiger partial charge in [-0.25, -0.2) is 4.79 Å². The lowest BCUT2D eigenvalue weighted by molar-refractivity contribution is 0.0432. The predicted octanol–water partition coefficient (Wildman–Crippen LogP) is 5.11. The Morgan fingerprint density at radius 3 is 1.50 bits per heavy atom. The maximum Gasteiger partial charge on any atom is 0.508 e. The van der Waals surface area contributed by atoms with E-state index in [2.05, 4.69) is 0 Å². The normalized spacial score (nSPS) is 10.7. The van der Waals surface area contributed by atoms with Crippen LogP contribution in [0.1, 0.15) is 38.8 Å². The molecule has 26 heavy (non-hydrogen) atoms. The molecule has 0 aliphatic carbocycles. The largest absolute Gasteiger partial charge is 0.508 e. The highest BCUT2D eigenvalue weighted by molar-refractivity contribution is 5.60. The maximum atomic E-state index is 11.9. The number of rotatable bonds is 8. The first-order chi connectivity index (χ1) is 12.5. The molecule has 0 saturated carbocycles. The molecule has 2 aromatic rings. The first-order valence-corrected chi connectivity index (χ1v) is 8.74. The summed E-state index contributed by atoms with van der Waals surface area (Å²) >= 11 is 0. The molecule has 0 radical (unpaired) electrons. The second kappa shape index (κ2) is 9.70. The molecule has 0 atom stereocenters. The topological polar surface area (TPSA) is 54.0 Å². The number of carbonyl (C=O) groups is 1. The van der Waals surface area contributed by atoms with E-state index < -0.39 is 6.16 Å². The average molecular weight is 358 g/mol. The molecule has 5 nitrogen and oxygen atoms in total. The molecular formula is C21H26O5. The van der Waals surface area contributed by atoms with Crippen LogP contribution < -0.4 is 9.47 Å². The van der Waals surface area contributed by atoms with E-state index in [1.807, 2.05) is 76.2 Å². The lowest BCUT2D eigenvalue weighted by Gasteiger charge is -2.15. The molecule has 0 bridgehead atoms. The summed E-state index contributed by atoms with van der Waals surface area (Å²) in [5, 5.41) is 0. The van der Waals surface area contributed by atoms with Crippen LogP contribution in [0, 0.1) is 0 Å². The summed E-state index contributed by atoms with van der Waals surface area (Å²) in [4.78, 5) is 11.9. The van der Waals surface area contributed by atoms with Crippen LogP contribution in [0.4, 0.5) is 4.79 Å². The van der Waals surface area contributed by atoms with Crippen molar-refractivity contribution in [2.24, 2.45) is 0 Å². The third kappa shape index (κ3) is 6.31. The van der Waals surface area contributed by atoms with Crippen LogP contribution >= 0.6 is 0 Å². The Labute approximate surface area is 154 Å². The third-order valence-electron chi connectivity index (χ3n) is 3.36. The van der Waals surface area contributed by atoms with Crippen molar-refractivity contribution in [2.75, 3.05) is 0 Å². The van der Waals surface area contributed by atoms with Crippen LogP contribution in [0.15, 0.2) is 48.5 Å². The zero-order chi connectivity index (χ0) is 18.9. The Balaban J connectivity index is 1.89.